The number of aliphatic hydroxyl groups is 2. The monoisotopic (exact) mass is 604 g/mol. The summed E-state index contributed by atoms with van der Waals surface area (Å²) in [4.78, 5) is 73.8. The van der Waals surface area contributed by atoms with Crippen molar-refractivity contribution < 1.29 is 49.2 Å². The van der Waals surface area contributed by atoms with Crippen LogP contribution < -0.4 is 38.1 Å². The Hall–Kier alpha value is -4.03. The Bertz CT molecular complexity index is 962. The summed E-state index contributed by atoms with van der Waals surface area (Å²) in [6.07, 6.45) is -2.02. The van der Waals surface area contributed by atoms with Crippen LogP contribution in [0.1, 0.15) is 52.9 Å². The van der Waals surface area contributed by atoms with Crippen LogP contribution >= 0.6 is 0 Å². The van der Waals surface area contributed by atoms with E-state index in [4.69, 9.17) is 22.0 Å². The molecule has 240 valence electrons. The minimum absolute atomic E-state index is 0.0414. The molecular weight excluding hydrogens is 560 g/mol. The Morgan fingerprint density at radius 3 is 1.71 bits per heavy atom. The quantitative estimate of drug-likeness (QED) is 0.0357. The zero-order valence-corrected chi connectivity index (χ0v) is 23.9. The van der Waals surface area contributed by atoms with Crippen LogP contribution in [0.4, 0.5) is 0 Å². The third-order valence-corrected chi connectivity index (χ3v) is 5.86. The van der Waals surface area contributed by atoms with E-state index in [1.165, 1.54) is 6.92 Å². The van der Waals surface area contributed by atoms with Gasteiger partial charge < -0.3 is 58.5 Å². The molecule has 0 radical (unpaired) electrons. The molecule has 0 aliphatic rings. The average Bonchev–Trinajstić information content (AvgIpc) is 2.89. The predicted molar refractivity (Wildman–Crippen MR) is 148 cm³/mol. The van der Waals surface area contributed by atoms with Gasteiger partial charge in [0, 0.05) is 13.0 Å². The van der Waals surface area contributed by atoms with Gasteiger partial charge in [0.1, 0.15) is 30.2 Å². The van der Waals surface area contributed by atoms with Crippen molar-refractivity contribution in [3.05, 3.63) is 0 Å². The lowest BCUT2D eigenvalue weighted by Gasteiger charge is -2.26. The lowest BCUT2D eigenvalue weighted by Crippen LogP contribution is -2.60. The van der Waals surface area contributed by atoms with Gasteiger partial charge in [-0.15, -0.1) is 0 Å². The number of carboxylic acids is 2. The number of carbonyl (C=O) groups is 6. The van der Waals surface area contributed by atoms with E-state index in [1.54, 1.807) is 13.8 Å². The molecule has 18 nitrogen and oxygen atoms in total. The van der Waals surface area contributed by atoms with Crippen LogP contribution in [0.15, 0.2) is 0 Å². The second kappa shape index (κ2) is 19.2. The molecule has 0 aromatic rings. The number of nitrogens with one attached hydrogen (secondary N) is 6. The number of rotatable bonds is 20. The van der Waals surface area contributed by atoms with E-state index in [0.717, 1.165) is 0 Å². The fourth-order valence-electron chi connectivity index (χ4n) is 3.53. The fourth-order valence-corrected chi connectivity index (χ4v) is 3.53. The normalized spacial score (nSPS) is 15.2. The number of guanidine groups is 1. The molecule has 0 unspecified atom stereocenters. The highest BCUT2D eigenvalue weighted by molar-refractivity contribution is 5.95. The summed E-state index contributed by atoms with van der Waals surface area (Å²) in [6.45, 7) is 3.91. The number of aliphatic carboxylic acids is 2. The molecule has 0 spiro atoms. The average molecular weight is 605 g/mol. The number of hydrogen-bond acceptors (Lipinski definition) is 10. The molecule has 0 fully saturated rings. The Morgan fingerprint density at radius 1 is 0.786 bits per heavy atom. The first kappa shape index (κ1) is 38.0. The Morgan fingerprint density at radius 2 is 1.26 bits per heavy atom. The molecule has 18 heteroatoms. The van der Waals surface area contributed by atoms with Gasteiger partial charge in [0.05, 0.1) is 12.7 Å². The first-order chi connectivity index (χ1) is 19.5. The standard InChI is InChI=1S/C24H44N8O10/c1-11(2)9-15(23(41)42)31-20(38)14(6-7-17(35)36)29-21(39)16(10-33)32-19(37)13(5-4-8-28-24(26)27)30-22(40)18(25)12(3)34/h11-16,18,33-34H,4-10,25H2,1-3H3,(H,29,39)(H,30,40)(H,31,38)(H,32,37)(H,35,36)(H,41,42)(H4,26,27,28)/t12-,13+,14+,15+,16+,18+/m1/s1. The fraction of sp³-hybridized carbons (Fsp3) is 0.708. The van der Waals surface area contributed by atoms with Crippen molar-refractivity contribution in [1.82, 2.24) is 26.6 Å². The lowest BCUT2D eigenvalue weighted by atomic mass is 10.0. The molecule has 0 aromatic heterocycles. The summed E-state index contributed by atoms with van der Waals surface area (Å²) in [5, 5.41) is 56.6. The summed E-state index contributed by atoms with van der Waals surface area (Å²) >= 11 is 0. The highest BCUT2D eigenvalue weighted by Gasteiger charge is 2.32. The number of hydrogen-bond donors (Lipinski definition) is 12. The second-order valence-electron chi connectivity index (χ2n) is 10.1. The molecule has 42 heavy (non-hydrogen) atoms. The summed E-state index contributed by atoms with van der Waals surface area (Å²) in [7, 11) is 0. The summed E-state index contributed by atoms with van der Waals surface area (Å²) < 4.78 is 0. The van der Waals surface area contributed by atoms with Gasteiger partial charge in [0.25, 0.3) is 0 Å². The SMILES string of the molecule is CC(C)C[C@H](NC(=O)[C@H](CCC(=O)O)NC(=O)[C@H](CO)NC(=O)[C@H](CCCNC(=N)N)NC(=O)[C@@H](N)[C@@H](C)O)C(=O)O. The van der Waals surface area contributed by atoms with Gasteiger partial charge in [0.15, 0.2) is 5.96 Å². The first-order valence-electron chi connectivity index (χ1n) is 13.3. The van der Waals surface area contributed by atoms with Crippen LogP contribution in [0.25, 0.3) is 0 Å². The van der Waals surface area contributed by atoms with Crippen LogP contribution in [0.2, 0.25) is 0 Å². The van der Waals surface area contributed by atoms with Crippen molar-refractivity contribution in [2.45, 2.75) is 89.2 Å². The van der Waals surface area contributed by atoms with Gasteiger partial charge >= 0.3 is 11.9 Å². The van der Waals surface area contributed by atoms with E-state index >= 15 is 0 Å². The van der Waals surface area contributed by atoms with E-state index < -0.39 is 91.3 Å². The molecule has 0 aliphatic heterocycles. The van der Waals surface area contributed by atoms with Crippen molar-refractivity contribution >= 4 is 41.5 Å². The molecular formula is C24H44N8O10. The third-order valence-electron chi connectivity index (χ3n) is 5.86. The van der Waals surface area contributed by atoms with Crippen molar-refractivity contribution in [2.24, 2.45) is 17.4 Å². The topological polar surface area (TPSA) is 319 Å². The lowest BCUT2D eigenvalue weighted by molar-refractivity contribution is -0.143. The van der Waals surface area contributed by atoms with Crippen molar-refractivity contribution in [3.63, 3.8) is 0 Å². The predicted octanol–water partition coefficient (Wildman–Crippen LogP) is -4.12. The zero-order chi connectivity index (χ0) is 32.6. The Balaban J connectivity index is 5.72. The van der Waals surface area contributed by atoms with Crippen LogP contribution in [-0.4, -0.2) is 111 Å². The minimum Gasteiger partial charge on any atom is -0.481 e. The van der Waals surface area contributed by atoms with Gasteiger partial charge in [-0.3, -0.25) is 29.4 Å². The molecule has 4 amide bonds. The zero-order valence-electron chi connectivity index (χ0n) is 23.9. The number of aliphatic hydroxyl groups excluding tert-OH is 2. The number of carbonyl (C=O) groups excluding carboxylic acids is 4. The molecule has 0 rings (SSSR count). The largest absolute Gasteiger partial charge is 0.481 e. The summed E-state index contributed by atoms with van der Waals surface area (Å²) in [5.74, 6) is -6.95. The van der Waals surface area contributed by atoms with Crippen molar-refractivity contribution in [1.29, 1.82) is 5.41 Å². The van der Waals surface area contributed by atoms with E-state index in [0.29, 0.717) is 0 Å². The van der Waals surface area contributed by atoms with E-state index in [9.17, 15) is 44.1 Å². The van der Waals surface area contributed by atoms with Gasteiger partial charge in [-0.25, -0.2) is 4.79 Å². The molecule has 0 aliphatic carbocycles. The van der Waals surface area contributed by atoms with Crippen molar-refractivity contribution in [2.75, 3.05) is 13.2 Å². The number of nitrogens with two attached hydrogens (primary N) is 2. The van der Waals surface area contributed by atoms with E-state index in [1.807, 2.05) is 0 Å². The number of amides is 4. The molecule has 0 saturated heterocycles. The van der Waals surface area contributed by atoms with Gasteiger partial charge in [-0.2, -0.15) is 0 Å². The van der Waals surface area contributed by atoms with E-state index in [2.05, 4.69) is 26.6 Å². The third kappa shape index (κ3) is 15.1. The summed E-state index contributed by atoms with van der Waals surface area (Å²) in [6, 6.07) is -7.19. The molecule has 0 saturated carbocycles. The van der Waals surface area contributed by atoms with Crippen LogP contribution in [0, 0.1) is 11.3 Å². The highest BCUT2D eigenvalue weighted by Crippen LogP contribution is 2.07. The van der Waals surface area contributed by atoms with Gasteiger partial charge in [0.2, 0.25) is 23.6 Å². The maximum absolute atomic E-state index is 13.0. The van der Waals surface area contributed by atoms with Crippen LogP contribution in [-0.2, 0) is 28.8 Å². The maximum Gasteiger partial charge on any atom is 0.326 e. The Kier molecular flexibility index (Phi) is 17.3. The smallest absolute Gasteiger partial charge is 0.326 e. The molecule has 14 N–H and O–H groups in total. The van der Waals surface area contributed by atoms with Crippen LogP contribution in [0.3, 0.4) is 0 Å². The molecule has 0 aromatic carbocycles. The van der Waals surface area contributed by atoms with Crippen LogP contribution in [0.5, 0.6) is 0 Å². The molecule has 0 bridgehead atoms. The summed E-state index contributed by atoms with van der Waals surface area (Å²) in [5.41, 5.74) is 10.8. The van der Waals surface area contributed by atoms with Gasteiger partial charge in [-0.05, 0) is 38.5 Å². The number of carboxylic acid groups (broad SMARTS) is 2. The highest BCUT2D eigenvalue weighted by atomic mass is 16.4. The van der Waals surface area contributed by atoms with Gasteiger partial charge in [-0.1, -0.05) is 13.8 Å². The van der Waals surface area contributed by atoms with E-state index in [-0.39, 0.29) is 37.7 Å². The second-order valence-corrected chi connectivity index (χ2v) is 10.1. The minimum atomic E-state index is -1.66. The molecule has 6 atom stereocenters. The Labute approximate surface area is 242 Å². The maximum atomic E-state index is 13.0. The molecule has 0 heterocycles. The first-order valence-corrected chi connectivity index (χ1v) is 13.3. The van der Waals surface area contributed by atoms with Crippen molar-refractivity contribution in [3.8, 4) is 0 Å².